The van der Waals surface area contributed by atoms with Crippen LogP contribution >= 0.6 is 0 Å². The van der Waals surface area contributed by atoms with Gasteiger partial charge in [-0.2, -0.15) is 0 Å². The van der Waals surface area contributed by atoms with Gasteiger partial charge in [0.15, 0.2) is 11.5 Å². The molecule has 6 aromatic carbocycles. The van der Waals surface area contributed by atoms with Crippen molar-refractivity contribution in [2.45, 2.75) is 168 Å². The summed E-state index contributed by atoms with van der Waals surface area (Å²) >= 11 is 0. The predicted molar refractivity (Wildman–Crippen MR) is 284 cm³/mol. The van der Waals surface area contributed by atoms with Gasteiger partial charge in [0.25, 0.3) is 0 Å². The molecule has 2 aliphatic carbocycles. The lowest BCUT2D eigenvalue weighted by Crippen LogP contribution is -2.14. The molecule has 0 unspecified atom stereocenters. The number of benzene rings is 6. The highest BCUT2D eigenvalue weighted by atomic mass is 16.6. The van der Waals surface area contributed by atoms with Crippen LogP contribution in [0.15, 0.2) is 121 Å². The number of hydrogen-bond acceptors (Lipinski definition) is 4. The molecular weight excluding hydrogens is 833 g/mol. The Morgan fingerprint density at radius 3 is 1.37 bits per heavy atom. The lowest BCUT2D eigenvalue weighted by Gasteiger charge is -2.28. The zero-order valence-electron chi connectivity index (χ0n) is 41.5. The first kappa shape index (κ1) is 49.2. The van der Waals surface area contributed by atoms with Crippen molar-refractivity contribution in [2.24, 2.45) is 23.7 Å². The van der Waals surface area contributed by atoms with Crippen molar-refractivity contribution in [3.63, 3.8) is 0 Å². The maximum Gasteiger partial charge on any atom is 0.343 e. The van der Waals surface area contributed by atoms with Crippen LogP contribution in [0, 0.1) is 23.7 Å². The van der Waals surface area contributed by atoms with Crippen LogP contribution in [0.1, 0.15) is 187 Å². The average Bonchev–Trinajstić information content (AvgIpc) is 3.38. The number of unbranched alkanes of at least 4 members (excludes halogenated alkanes) is 6. The summed E-state index contributed by atoms with van der Waals surface area (Å²) in [6.45, 7) is 4.60. The van der Waals surface area contributed by atoms with Gasteiger partial charge in [0.2, 0.25) is 0 Å². The molecule has 0 saturated heterocycles. The Morgan fingerprint density at radius 2 is 0.868 bits per heavy atom. The molecule has 68 heavy (non-hydrogen) atoms. The van der Waals surface area contributed by atoms with E-state index in [4.69, 9.17) is 9.47 Å². The van der Waals surface area contributed by atoms with E-state index in [9.17, 15) is 9.59 Å². The van der Waals surface area contributed by atoms with Gasteiger partial charge >= 0.3 is 11.9 Å². The Hall–Kier alpha value is -5.22. The maximum atomic E-state index is 14.3. The first-order valence-electron chi connectivity index (χ1n) is 27.1. The fourth-order valence-electron chi connectivity index (χ4n) is 11.6. The van der Waals surface area contributed by atoms with Crippen molar-refractivity contribution in [3.8, 4) is 22.6 Å². The van der Waals surface area contributed by atoms with Crippen LogP contribution in [0.3, 0.4) is 0 Å². The molecule has 0 N–H and O–H groups in total. The zero-order chi connectivity index (χ0) is 46.9. The summed E-state index contributed by atoms with van der Waals surface area (Å²) in [6.07, 6.45) is 31.9. The Balaban J connectivity index is 0.932. The standard InChI is InChI=1S/C64H78O4/c1-3-5-7-18-47-30-34-49(35-31-47)20-9-11-22-51-38-42-54(43-39-51)63(65)67-60-46-56-25-14-16-28-58(56)61(59-29-17-26-53-24-13-15-27-57(53)59)62(60)68-64(66)55-44-40-52(41-45-55)23-12-10-21-50-36-32-48(33-37-50)19-8-6-4-2/h13-17,24-29,38-50H,3-12,18-23,30-37H2,1-2H3/t47-,48-,49-,50-. The van der Waals surface area contributed by atoms with Gasteiger partial charge in [-0.05, 0) is 118 Å². The summed E-state index contributed by atoms with van der Waals surface area (Å²) in [6, 6.07) is 40.0. The summed E-state index contributed by atoms with van der Waals surface area (Å²) in [5.41, 5.74) is 5.00. The number of carbonyl (C=O) groups is 2. The molecule has 0 amide bonds. The van der Waals surface area contributed by atoms with Crippen molar-refractivity contribution >= 4 is 33.5 Å². The van der Waals surface area contributed by atoms with E-state index in [2.05, 4.69) is 62.4 Å². The van der Waals surface area contributed by atoms with Crippen LogP contribution in [0.2, 0.25) is 0 Å². The molecule has 0 aliphatic heterocycles. The number of fused-ring (bicyclic) bond motifs is 2. The molecule has 358 valence electrons. The minimum absolute atomic E-state index is 0.214. The Morgan fingerprint density at radius 1 is 0.441 bits per heavy atom. The molecule has 0 radical (unpaired) electrons. The summed E-state index contributed by atoms with van der Waals surface area (Å²) < 4.78 is 12.8. The molecule has 0 spiro atoms. The summed E-state index contributed by atoms with van der Waals surface area (Å²) in [5, 5.41) is 3.87. The van der Waals surface area contributed by atoms with Crippen LogP contribution in [-0.2, 0) is 12.8 Å². The van der Waals surface area contributed by atoms with Gasteiger partial charge in [-0.1, -0.05) is 233 Å². The monoisotopic (exact) mass is 911 g/mol. The van der Waals surface area contributed by atoms with Gasteiger partial charge in [-0.15, -0.1) is 0 Å². The molecule has 8 rings (SSSR count). The van der Waals surface area contributed by atoms with Crippen molar-refractivity contribution in [1.82, 2.24) is 0 Å². The second kappa shape index (κ2) is 25.4. The van der Waals surface area contributed by atoms with E-state index in [1.807, 2.05) is 72.8 Å². The number of esters is 2. The van der Waals surface area contributed by atoms with Crippen molar-refractivity contribution in [1.29, 1.82) is 0 Å². The lowest BCUT2D eigenvalue weighted by atomic mass is 9.78. The molecule has 2 aliphatic rings. The zero-order valence-corrected chi connectivity index (χ0v) is 41.5. The first-order valence-corrected chi connectivity index (χ1v) is 27.1. The van der Waals surface area contributed by atoms with E-state index < -0.39 is 11.9 Å². The average molecular weight is 911 g/mol. The Kier molecular flexibility index (Phi) is 18.4. The van der Waals surface area contributed by atoms with E-state index >= 15 is 0 Å². The number of ether oxygens (including phenoxy) is 2. The molecule has 0 bridgehead atoms. The number of aryl methyl sites for hydroxylation is 2. The van der Waals surface area contributed by atoms with E-state index in [1.54, 1.807) is 0 Å². The van der Waals surface area contributed by atoms with Gasteiger partial charge in [-0.3, -0.25) is 0 Å². The lowest BCUT2D eigenvalue weighted by molar-refractivity contribution is 0.0683. The third kappa shape index (κ3) is 13.5. The molecule has 4 nitrogen and oxygen atoms in total. The predicted octanol–water partition coefficient (Wildman–Crippen LogP) is 18.3. The topological polar surface area (TPSA) is 52.6 Å². The molecule has 0 heterocycles. The van der Waals surface area contributed by atoms with Crippen molar-refractivity contribution in [2.75, 3.05) is 0 Å². The summed E-state index contributed by atoms with van der Waals surface area (Å²) in [7, 11) is 0. The minimum Gasteiger partial charge on any atom is -0.419 e. The Labute approximate surface area is 408 Å². The molecule has 2 saturated carbocycles. The van der Waals surface area contributed by atoms with Gasteiger partial charge in [0, 0.05) is 5.56 Å². The largest absolute Gasteiger partial charge is 0.419 e. The number of carbonyl (C=O) groups excluding carboxylic acids is 2. The van der Waals surface area contributed by atoms with E-state index in [1.165, 1.54) is 140 Å². The molecule has 0 aromatic heterocycles. The normalized spacial score (nSPS) is 18.4. The minimum atomic E-state index is -0.490. The van der Waals surface area contributed by atoms with Gasteiger partial charge in [0.1, 0.15) is 0 Å². The van der Waals surface area contributed by atoms with Crippen molar-refractivity contribution < 1.29 is 19.1 Å². The second-order valence-electron chi connectivity index (χ2n) is 20.8. The van der Waals surface area contributed by atoms with Gasteiger partial charge in [0.05, 0.1) is 11.1 Å². The van der Waals surface area contributed by atoms with Crippen LogP contribution in [0.4, 0.5) is 0 Å². The third-order valence-electron chi connectivity index (χ3n) is 15.8. The molecule has 4 heteroatoms. The highest BCUT2D eigenvalue weighted by Gasteiger charge is 2.26. The van der Waals surface area contributed by atoms with Crippen LogP contribution in [0.5, 0.6) is 11.5 Å². The first-order chi connectivity index (χ1) is 33.4. The van der Waals surface area contributed by atoms with Crippen LogP contribution < -0.4 is 9.47 Å². The fraction of sp³-hybridized carbons (Fsp3) is 0.469. The smallest absolute Gasteiger partial charge is 0.343 e. The maximum absolute atomic E-state index is 14.3. The SMILES string of the molecule is CCCCC[C@H]1CC[C@H](CCCCc2ccc(C(=O)Oc3cc4ccccc4c(-c4cccc5ccccc45)c3OC(=O)c3ccc(CCCC[C@H]4CC[C@H](CCCCC)CC4)cc3)cc2)CC1. The van der Waals surface area contributed by atoms with E-state index in [0.717, 1.165) is 76.5 Å². The molecule has 6 aromatic rings. The van der Waals surface area contributed by atoms with E-state index in [0.29, 0.717) is 16.7 Å². The highest BCUT2D eigenvalue weighted by Crippen LogP contribution is 2.47. The summed E-state index contributed by atoms with van der Waals surface area (Å²) in [4.78, 5) is 28.4. The number of rotatable bonds is 23. The van der Waals surface area contributed by atoms with Crippen LogP contribution in [0.25, 0.3) is 32.7 Å². The highest BCUT2D eigenvalue weighted by molar-refractivity contribution is 6.10. The quantitative estimate of drug-likeness (QED) is 0.0365. The van der Waals surface area contributed by atoms with Gasteiger partial charge < -0.3 is 9.47 Å². The molecular formula is C64H78O4. The second-order valence-corrected chi connectivity index (χ2v) is 20.8. The number of hydrogen-bond donors (Lipinski definition) is 0. The molecule has 0 atom stereocenters. The third-order valence-corrected chi connectivity index (χ3v) is 15.8. The molecule has 2 fully saturated rings. The Bertz CT molecular complexity index is 2500. The summed E-state index contributed by atoms with van der Waals surface area (Å²) in [5.74, 6) is 3.17. The van der Waals surface area contributed by atoms with Crippen LogP contribution in [-0.4, -0.2) is 11.9 Å². The van der Waals surface area contributed by atoms with E-state index in [-0.39, 0.29) is 11.5 Å². The fourth-order valence-corrected chi connectivity index (χ4v) is 11.6. The van der Waals surface area contributed by atoms with Crippen molar-refractivity contribution in [3.05, 3.63) is 144 Å². The van der Waals surface area contributed by atoms with Gasteiger partial charge in [-0.25, -0.2) is 9.59 Å².